The molecule has 0 spiro atoms. The number of H-pyrrole nitrogens is 1. The number of fused-ring (bicyclic) bond motifs is 1. The Morgan fingerprint density at radius 3 is 2.46 bits per heavy atom. The maximum Gasteiger partial charge on any atom is 0.412 e. The molecule has 0 unspecified atom stereocenters. The predicted octanol–water partition coefficient (Wildman–Crippen LogP) is 6.60. The summed E-state index contributed by atoms with van der Waals surface area (Å²) in [4.78, 5) is 45.5. The van der Waals surface area contributed by atoms with Crippen LogP contribution in [0, 0.1) is 11.6 Å². The maximum absolute atomic E-state index is 14.2. The van der Waals surface area contributed by atoms with Crippen molar-refractivity contribution >= 4 is 34.5 Å². The van der Waals surface area contributed by atoms with Crippen LogP contribution in [0.2, 0.25) is 0 Å². The monoisotopic (exact) mass is 625 g/mol. The fourth-order valence-electron chi connectivity index (χ4n) is 5.20. The lowest BCUT2D eigenvalue weighted by molar-refractivity contribution is -0.121. The molecule has 9 nitrogen and oxygen atoms in total. The Morgan fingerprint density at radius 2 is 1.74 bits per heavy atom. The van der Waals surface area contributed by atoms with Crippen molar-refractivity contribution in [3.05, 3.63) is 119 Å². The average Bonchev–Trinajstić information content (AvgIpc) is 3.37. The molecule has 5 aromatic rings. The van der Waals surface area contributed by atoms with E-state index in [1.165, 1.54) is 12.1 Å². The van der Waals surface area contributed by atoms with Crippen LogP contribution in [-0.2, 0) is 22.4 Å². The highest BCUT2D eigenvalue weighted by Gasteiger charge is 2.23. The number of ether oxygens (including phenoxy) is 1. The Hall–Kier alpha value is -5.58. The summed E-state index contributed by atoms with van der Waals surface area (Å²) in [6.07, 6.45) is 2.63. The van der Waals surface area contributed by atoms with Crippen LogP contribution >= 0.6 is 0 Å². The van der Waals surface area contributed by atoms with Crippen molar-refractivity contribution in [2.24, 2.45) is 5.73 Å². The fraction of sp³-hybridized carbons (Fsp3) is 0.200. The minimum Gasteiger partial charge on any atom is -0.444 e. The molecule has 0 radical (unpaired) electrons. The normalized spacial score (nSPS) is 12.0. The van der Waals surface area contributed by atoms with Crippen LogP contribution in [0.15, 0.2) is 85.2 Å². The van der Waals surface area contributed by atoms with Crippen LogP contribution in [0.1, 0.15) is 54.0 Å². The van der Waals surface area contributed by atoms with Crippen LogP contribution in [0.5, 0.6) is 0 Å². The number of pyridine rings is 1. The largest absolute Gasteiger partial charge is 0.444 e. The summed E-state index contributed by atoms with van der Waals surface area (Å²) in [5.41, 5.74) is 9.02. The summed E-state index contributed by atoms with van der Waals surface area (Å²) in [6.45, 7) is 5.30. The average molecular weight is 626 g/mol. The highest BCUT2D eigenvalue weighted by Crippen LogP contribution is 2.30. The van der Waals surface area contributed by atoms with Gasteiger partial charge in [-0.2, -0.15) is 0 Å². The molecular formula is C35H33F2N5O4. The fourth-order valence-corrected chi connectivity index (χ4v) is 5.20. The van der Waals surface area contributed by atoms with E-state index in [0.717, 1.165) is 11.6 Å². The number of aromatic amines is 1. The molecule has 5 rings (SSSR count). The Balaban J connectivity index is 1.45. The van der Waals surface area contributed by atoms with Crippen LogP contribution in [0.3, 0.4) is 0 Å². The molecule has 0 saturated heterocycles. The van der Waals surface area contributed by atoms with Gasteiger partial charge in [0.1, 0.15) is 17.2 Å². The van der Waals surface area contributed by atoms with E-state index in [0.29, 0.717) is 44.6 Å². The van der Waals surface area contributed by atoms with Gasteiger partial charge in [-0.15, -0.1) is 0 Å². The third-order valence-corrected chi connectivity index (χ3v) is 7.09. The molecule has 0 aliphatic rings. The molecule has 0 saturated carbocycles. The number of aromatic nitrogens is 2. The first-order valence-corrected chi connectivity index (χ1v) is 14.5. The number of nitrogens with one attached hydrogen (secondary N) is 3. The van der Waals surface area contributed by atoms with Crippen LogP contribution < -0.4 is 16.4 Å². The quantitative estimate of drug-likeness (QED) is 0.146. The van der Waals surface area contributed by atoms with E-state index in [4.69, 9.17) is 10.5 Å². The molecule has 5 N–H and O–H groups in total. The number of carbonyl (C=O) groups excluding carboxylic acids is 3. The minimum absolute atomic E-state index is 0.0256. The van der Waals surface area contributed by atoms with Gasteiger partial charge in [0.25, 0.3) is 0 Å². The van der Waals surface area contributed by atoms with Crippen LogP contribution in [-0.4, -0.2) is 33.5 Å². The Bertz CT molecular complexity index is 1910. The maximum atomic E-state index is 14.2. The van der Waals surface area contributed by atoms with Gasteiger partial charge < -0.3 is 20.8 Å². The van der Waals surface area contributed by atoms with E-state index in [1.807, 2.05) is 0 Å². The summed E-state index contributed by atoms with van der Waals surface area (Å²) < 4.78 is 33.7. The van der Waals surface area contributed by atoms with Gasteiger partial charge >= 0.3 is 6.09 Å². The number of hydrogen-bond acceptors (Lipinski definition) is 5. The molecule has 2 heterocycles. The minimum atomic E-state index is -0.809. The number of nitrogens with zero attached hydrogens (tertiary/aromatic N) is 1. The molecule has 0 aliphatic heterocycles. The van der Waals surface area contributed by atoms with Gasteiger partial charge in [0.05, 0.1) is 18.2 Å². The first-order chi connectivity index (χ1) is 21.8. The smallest absolute Gasteiger partial charge is 0.412 e. The standard InChI is InChI=1S/C35H33F2N5O4/c1-35(2,3)46-34(45)41-26-9-10-29-28(18-26)23(19-40-29)16-31(43)42-30(14-20-12-24(36)17-25(37)13-20)32-27(8-5-11-39-32)21-6-4-7-22(15-21)33(38)44/h4-13,15,17-19,30,40H,14,16H2,1-3H3,(H2,38,44)(H,41,45)(H,42,43)/t30-/m0/s1. The number of amides is 3. The second-order valence-corrected chi connectivity index (χ2v) is 11.9. The number of anilines is 1. The van der Waals surface area contributed by atoms with Gasteiger partial charge in [-0.3, -0.25) is 19.9 Å². The number of halogens is 2. The molecule has 11 heteroatoms. The zero-order chi connectivity index (χ0) is 33.0. The van der Waals surface area contributed by atoms with Crippen LogP contribution in [0.4, 0.5) is 19.3 Å². The van der Waals surface area contributed by atoms with Crippen LogP contribution in [0.25, 0.3) is 22.0 Å². The van der Waals surface area contributed by atoms with E-state index in [2.05, 4.69) is 20.6 Å². The van der Waals surface area contributed by atoms with Crippen molar-refractivity contribution in [1.29, 1.82) is 0 Å². The van der Waals surface area contributed by atoms with Gasteiger partial charge in [-0.1, -0.05) is 18.2 Å². The predicted molar refractivity (Wildman–Crippen MR) is 171 cm³/mol. The van der Waals surface area contributed by atoms with E-state index in [9.17, 15) is 23.2 Å². The zero-order valence-corrected chi connectivity index (χ0v) is 25.5. The molecule has 3 amide bonds. The lowest BCUT2D eigenvalue weighted by Crippen LogP contribution is -2.32. The molecule has 0 bridgehead atoms. The van der Waals surface area contributed by atoms with E-state index in [1.54, 1.807) is 87.8 Å². The molecule has 0 fully saturated rings. The molecule has 2 aromatic heterocycles. The van der Waals surface area contributed by atoms with Gasteiger partial charge in [-0.05, 0) is 92.4 Å². The van der Waals surface area contributed by atoms with Gasteiger partial charge in [0.2, 0.25) is 11.8 Å². The topological polar surface area (TPSA) is 139 Å². The molecule has 0 aliphatic carbocycles. The first kappa shape index (κ1) is 31.8. The first-order valence-electron chi connectivity index (χ1n) is 14.5. The summed E-state index contributed by atoms with van der Waals surface area (Å²) in [5.74, 6) is -2.47. The molecule has 3 aromatic carbocycles. The molecular weight excluding hydrogens is 592 g/mol. The highest BCUT2D eigenvalue weighted by atomic mass is 19.1. The highest BCUT2D eigenvalue weighted by molar-refractivity contribution is 5.95. The third-order valence-electron chi connectivity index (χ3n) is 7.09. The number of nitrogens with two attached hydrogens (primary N) is 1. The van der Waals surface area contributed by atoms with Gasteiger partial charge in [0, 0.05) is 46.2 Å². The number of hydrogen-bond donors (Lipinski definition) is 4. The van der Waals surface area contributed by atoms with Crippen molar-refractivity contribution < 1.29 is 27.9 Å². The molecule has 1 atom stereocenters. The molecule has 236 valence electrons. The van der Waals surface area contributed by atoms with Gasteiger partial charge in [-0.25, -0.2) is 13.6 Å². The van der Waals surface area contributed by atoms with Gasteiger partial charge in [0.15, 0.2) is 0 Å². The number of rotatable bonds is 9. The lowest BCUT2D eigenvalue weighted by Gasteiger charge is -2.22. The Morgan fingerprint density at radius 1 is 0.978 bits per heavy atom. The van der Waals surface area contributed by atoms with Crippen molar-refractivity contribution in [1.82, 2.24) is 15.3 Å². The third kappa shape index (κ3) is 7.92. The lowest BCUT2D eigenvalue weighted by atomic mass is 9.94. The van der Waals surface area contributed by atoms with Crippen molar-refractivity contribution in [3.63, 3.8) is 0 Å². The van der Waals surface area contributed by atoms with Crippen molar-refractivity contribution in [2.45, 2.75) is 45.3 Å². The second kappa shape index (κ2) is 13.2. The zero-order valence-electron chi connectivity index (χ0n) is 25.5. The van der Waals surface area contributed by atoms with Crippen molar-refractivity contribution in [2.75, 3.05) is 5.32 Å². The second-order valence-electron chi connectivity index (χ2n) is 11.9. The van der Waals surface area contributed by atoms with E-state index >= 15 is 0 Å². The number of primary amides is 1. The summed E-state index contributed by atoms with van der Waals surface area (Å²) in [7, 11) is 0. The summed E-state index contributed by atoms with van der Waals surface area (Å²) >= 11 is 0. The molecule has 46 heavy (non-hydrogen) atoms. The van der Waals surface area contributed by atoms with E-state index in [-0.39, 0.29) is 18.7 Å². The Labute approximate surface area is 264 Å². The Kier molecular flexibility index (Phi) is 9.13. The number of benzene rings is 3. The van der Waals surface area contributed by atoms with Crippen molar-refractivity contribution in [3.8, 4) is 11.1 Å². The SMILES string of the molecule is CC(C)(C)OC(=O)Nc1ccc2[nH]cc(CC(=O)N[C@@H](Cc3cc(F)cc(F)c3)c3ncccc3-c3cccc(C(N)=O)c3)c2c1. The number of carbonyl (C=O) groups is 3. The summed E-state index contributed by atoms with van der Waals surface area (Å²) in [5, 5.41) is 6.43. The van der Waals surface area contributed by atoms with E-state index < -0.39 is 35.3 Å². The summed E-state index contributed by atoms with van der Waals surface area (Å²) in [6, 6.07) is 17.8.